The topological polar surface area (TPSA) is 29.9 Å². The Morgan fingerprint density at radius 1 is 1.39 bits per heavy atom. The Hall–Kier alpha value is -0.190. The van der Waals surface area contributed by atoms with E-state index in [9.17, 15) is 0 Å². The maximum absolute atomic E-state index is 6.23. The zero-order valence-electron chi connectivity index (χ0n) is 11.4. The van der Waals surface area contributed by atoms with Gasteiger partial charge in [-0.25, -0.2) is 0 Å². The number of nitrogens with zero attached hydrogens (tertiary/aromatic N) is 2. The number of aromatic nitrogens is 2. The van der Waals surface area contributed by atoms with Crippen molar-refractivity contribution in [3.05, 3.63) is 16.4 Å². The first kappa shape index (κ1) is 14.2. The minimum atomic E-state index is 0.643. The van der Waals surface area contributed by atoms with Gasteiger partial charge in [0.25, 0.3) is 0 Å². The van der Waals surface area contributed by atoms with Crippen LogP contribution < -0.4 is 5.32 Å². The lowest BCUT2D eigenvalue weighted by atomic mass is 9.95. The highest BCUT2D eigenvalue weighted by Gasteiger charge is 2.20. The third kappa shape index (κ3) is 3.22. The lowest BCUT2D eigenvalue weighted by Gasteiger charge is -2.28. The van der Waals surface area contributed by atoms with E-state index in [0.29, 0.717) is 6.04 Å². The second-order valence-corrected chi connectivity index (χ2v) is 6.56. The quantitative estimate of drug-likeness (QED) is 0.923. The van der Waals surface area contributed by atoms with Gasteiger partial charge in [-0.1, -0.05) is 11.6 Å². The van der Waals surface area contributed by atoms with Gasteiger partial charge >= 0.3 is 0 Å². The molecule has 5 heteroatoms. The van der Waals surface area contributed by atoms with E-state index in [1.165, 1.54) is 25.7 Å². The second-order valence-electron chi connectivity index (χ2n) is 5.07. The van der Waals surface area contributed by atoms with Gasteiger partial charge in [-0.3, -0.25) is 4.68 Å². The van der Waals surface area contributed by atoms with Gasteiger partial charge in [0.05, 0.1) is 5.69 Å². The molecule has 0 radical (unpaired) electrons. The molecule has 1 fully saturated rings. The summed E-state index contributed by atoms with van der Waals surface area (Å²) in [6, 6.07) is 0.643. The molecule has 0 amide bonds. The average molecular weight is 288 g/mol. The smallest absolute Gasteiger partial charge is 0.131 e. The molecule has 0 aromatic carbocycles. The molecule has 3 nitrogen and oxygen atoms in total. The summed E-state index contributed by atoms with van der Waals surface area (Å²) in [5, 5.41) is 9.60. The maximum atomic E-state index is 6.23. The summed E-state index contributed by atoms with van der Waals surface area (Å²) in [6.07, 6.45) is 7.44. The predicted molar refractivity (Wildman–Crippen MR) is 79.4 cm³/mol. The predicted octanol–water partition coefficient (Wildman–Crippen LogP) is 3.15. The zero-order chi connectivity index (χ0) is 13.1. The molecule has 0 unspecified atom stereocenters. The molecule has 0 aliphatic heterocycles. The number of rotatable bonds is 4. The van der Waals surface area contributed by atoms with E-state index in [-0.39, 0.29) is 0 Å². The molecular formula is C13H22ClN3S. The maximum Gasteiger partial charge on any atom is 0.131 e. The van der Waals surface area contributed by atoms with Crippen molar-refractivity contribution >= 4 is 23.4 Å². The summed E-state index contributed by atoms with van der Waals surface area (Å²) in [5.74, 6) is 0. The molecule has 0 bridgehead atoms. The number of thioether (sulfide) groups is 1. The van der Waals surface area contributed by atoms with Crippen molar-refractivity contribution in [3.63, 3.8) is 0 Å². The third-order valence-electron chi connectivity index (χ3n) is 3.84. The summed E-state index contributed by atoms with van der Waals surface area (Å²) in [7, 11) is 1.89. The van der Waals surface area contributed by atoms with Gasteiger partial charge in [0, 0.05) is 30.4 Å². The molecule has 18 heavy (non-hydrogen) atoms. The van der Waals surface area contributed by atoms with Crippen molar-refractivity contribution in [2.24, 2.45) is 7.05 Å². The van der Waals surface area contributed by atoms with Crippen LogP contribution in [0.5, 0.6) is 0 Å². The van der Waals surface area contributed by atoms with E-state index in [0.717, 1.165) is 28.2 Å². The Morgan fingerprint density at radius 3 is 2.56 bits per heavy atom. The highest BCUT2D eigenvalue weighted by molar-refractivity contribution is 7.99. The first-order valence-electron chi connectivity index (χ1n) is 6.56. The van der Waals surface area contributed by atoms with E-state index in [4.69, 9.17) is 11.6 Å². The molecular weight excluding hydrogens is 266 g/mol. The molecule has 1 aliphatic rings. The van der Waals surface area contributed by atoms with Gasteiger partial charge < -0.3 is 5.32 Å². The fourth-order valence-corrected chi connectivity index (χ4v) is 3.61. The van der Waals surface area contributed by atoms with Crippen LogP contribution in [-0.2, 0) is 13.6 Å². The van der Waals surface area contributed by atoms with Crippen LogP contribution in [0, 0.1) is 6.92 Å². The molecule has 2 rings (SSSR count). The van der Waals surface area contributed by atoms with Gasteiger partial charge in [-0.2, -0.15) is 16.9 Å². The summed E-state index contributed by atoms with van der Waals surface area (Å²) in [5.41, 5.74) is 2.18. The average Bonchev–Trinajstić information content (AvgIpc) is 2.62. The van der Waals surface area contributed by atoms with Gasteiger partial charge in [0.2, 0.25) is 0 Å². The highest BCUT2D eigenvalue weighted by Crippen LogP contribution is 2.27. The van der Waals surface area contributed by atoms with E-state index < -0.39 is 0 Å². The minimum absolute atomic E-state index is 0.643. The number of nitrogens with one attached hydrogen (secondary N) is 1. The minimum Gasteiger partial charge on any atom is -0.310 e. The van der Waals surface area contributed by atoms with Gasteiger partial charge in [-0.15, -0.1) is 0 Å². The number of hydrogen-bond acceptors (Lipinski definition) is 3. The monoisotopic (exact) mass is 287 g/mol. The van der Waals surface area contributed by atoms with Gasteiger partial charge in [-0.05, 0) is 38.9 Å². The summed E-state index contributed by atoms with van der Waals surface area (Å²) < 4.78 is 1.75. The first-order valence-corrected chi connectivity index (χ1v) is 8.22. The largest absolute Gasteiger partial charge is 0.310 e. The summed E-state index contributed by atoms with van der Waals surface area (Å²) >= 11 is 8.24. The Kier molecular flexibility index (Phi) is 4.98. The van der Waals surface area contributed by atoms with Crippen molar-refractivity contribution < 1.29 is 0 Å². The fraction of sp³-hybridized carbons (Fsp3) is 0.769. The SMILES string of the molecule is CSC1CCC(NCc2c(C)nn(C)c2Cl)CC1. The van der Waals surface area contributed by atoms with Crippen molar-refractivity contribution in [3.8, 4) is 0 Å². The third-order valence-corrected chi connectivity index (χ3v) is 5.46. The van der Waals surface area contributed by atoms with Crippen molar-refractivity contribution in [2.45, 2.75) is 50.4 Å². The lowest BCUT2D eigenvalue weighted by Crippen LogP contribution is -2.33. The van der Waals surface area contributed by atoms with Crippen LogP contribution in [0.2, 0.25) is 5.15 Å². The molecule has 0 saturated heterocycles. The van der Waals surface area contributed by atoms with Crippen LogP contribution in [0.3, 0.4) is 0 Å². The molecule has 1 N–H and O–H groups in total. The molecule has 1 aromatic rings. The van der Waals surface area contributed by atoms with Crippen LogP contribution in [0.4, 0.5) is 0 Å². The Balaban J connectivity index is 1.85. The van der Waals surface area contributed by atoms with Gasteiger partial charge in [0.15, 0.2) is 0 Å². The fourth-order valence-electron chi connectivity index (χ4n) is 2.62. The zero-order valence-corrected chi connectivity index (χ0v) is 12.9. The summed E-state index contributed by atoms with van der Waals surface area (Å²) in [6.45, 7) is 2.86. The molecule has 0 spiro atoms. The van der Waals surface area contributed by atoms with E-state index in [2.05, 4.69) is 16.7 Å². The van der Waals surface area contributed by atoms with Crippen LogP contribution in [0.25, 0.3) is 0 Å². The van der Waals surface area contributed by atoms with E-state index >= 15 is 0 Å². The number of aryl methyl sites for hydroxylation is 2. The molecule has 102 valence electrons. The van der Waals surface area contributed by atoms with Crippen LogP contribution >= 0.6 is 23.4 Å². The first-order chi connectivity index (χ1) is 8.61. The van der Waals surface area contributed by atoms with Crippen LogP contribution in [-0.4, -0.2) is 27.3 Å². The van der Waals surface area contributed by atoms with Gasteiger partial charge in [0.1, 0.15) is 5.15 Å². The second kappa shape index (κ2) is 6.31. The Labute approximate surface area is 119 Å². The van der Waals surface area contributed by atoms with Crippen molar-refractivity contribution in [2.75, 3.05) is 6.26 Å². The summed E-state index contributed by atoms with van der Waals surface area (Å²) in [4.78, 5) is 0. The number of hydrogen-bond donors (Lipinski definition) is 1. The molecule has 1 heterocycles. The number of halogens is 1. The molecule has 1 saturated carbocycles. The molecule has 1 aliphatic carbocycles. The lowest BCUT2D eigenvalue weighted by molar-refractivity contribution is 0.378. The van der Waals surface area contributed by atoms with Crippen molar-refractivity contribution in [1.29, 1.82) is 0 Å². The highest BCUT2D eigenvalue weighted by atomic mass is 35.5. The Morgan fingerprint density at radius 2 is 2.06 bits per heavy atom. The van der Waals surface area contributed by atoms with E-state index in [1.807, 2.05) is 25.7 Å². The van der Waals surface area contributed by atoms with E-state index in [1.54, 1.807) is 4.68 Å². The normalized spacial score (nSPS) is 24.4. The molecule has 0 atom stereocenters. The van der Waals surface area contributed by atoms with Crippen LogP contribution in [0.15, 0.2) is 0 Å². The standard InChI is InChI=1S/C13H22ClN3S/c1-9-12(13(14)17(2)16-9)8-15-10-4-6-11(18-3)7-5-10/h10-11,15H,4-8H2,1-3H3. The van der Waals surface area contributed by atoms with Crippen molar-refractivity contribution in [1.82, 2.24) is 15.1 Å². The Bertz CT molecular complexity index is 397. The molecule has 1 aromatic heterocycles. The van der Waals surface area contributed by atoms with Crippen LogP contribution in [0.1, 0.15) is 36.9 Å².